The van der Waals surface area contributed by atoms with E-state index in [4.69, 9.17) is 33.3 Å². The molecule has 0 atom stereocenters. The highest BCUT2D eigenvalue weighted by atomic mass is 35.5. The molecule has 0 fully saturated rings. The van der Waals surface area contributed by atoms with Gasteiger partial charge in [0.2, 0.25) is 0 Å². The number of nitrogens with zero attached hydrogens (tertiary/aromatic N) is 2. The maximum Gasteiger partial charge on any atom is 0.176 e. The topological polar surface area (TPSA) is 60.3 Å². The van der Waals surface area contributed by atoms with Gasteiger partial charge in [-0.2, -0.15) is 5.10 Å². The van der Waals surface area contributed by atoms with Crippen LogP contribution in [0.15, 0.2) is 48.7 Å². The van der Waals surface area contributed by atoms with Crippen LogP contribution in [0.25, 0.3) is 0 Å². The van der Waals surface area contributed by atoms with E-state index in [1.54, 1.807) is 55.4 Å². The van der Waals surface area contributed by atoms with Crippen LogP contribution in [0.4, 0.5) is 15.9 Å². The molecule has 0 unspecified atom stereocenters. The van der Waals surface area contributed by atoms with Crippen molar-refractivity contribution >= 4 is 40.4 Å². The van der Waals surface area contributed by atoms with Crippen molar-refractivity contribution in [3.05, 3.63) is 65.1 Å². The smallest absolute Gasteiger partial charge is 0.176 e. The summed E-state index contributed by atoms with van der Waals surface area (Å²) in [6, 6.07) is 11.7. The van der Waals surface area contributed by atoms with Crippen molar-refractivity contribution in [1.29, 1.82) is 0 Å². The fraction of sp³-hybridized carbons (Fsp3) is 0.158. The van der Waals surface area contributed by atoms with Crippen LogP contribution >= 0.6 is 23.8 Å². The molecule has 0 saturated heterocycles. The molecule has 1 aromatic heterocycles. The zero-order valence-corrected chi connectivity index (χ0v) is 16.8. The number of aromatic nitrogens is 2. The number of ether oxygens (including phenoxy) is 2. The second-order valence-corrected chi connectivity index (χ2v) is 6.56. The summed E-state index contributed by atoms with van der Waals surface area (Å²) in [5.74, 6) is 1.35. The van der Waals surface area contributed by atoms with Gasteiger partial charge in [-0.05, 0) is 36.5 Å². The summed E-state index contributed by atoms with van der Waals surface area (Å²) >= 11 is 11.4. The molecule has 6 nitrogen and oxygen atoms in total. The average molecular weight is 421 g/mol. The van der Waals surface area contributed by atoms with Gasteiger partial charge in [0.1, 0.15) is 5.82 Å². The third kappa shape index (κ3) is 4.71. The molecule has 0 bridgehead atoms. The Balaban J connectivity index is 1.64. The SMILES string of the molecule is COc1ccc(NC(=S)Nc2ccn(Cc3c(F)cccc3Cl)n2)cc1OC. The van der Waals surface area contributed by atoms with E-state index in [0.717, 1.165) is 5.69 Å². The lowest BCUT2D eigenvalue weighted by Gasteiger charge is -2.12. The number of thiocarbonyl (C=S) groups is 1. The van der Waals surface area contributed by atoms with Crippen molar-refractivity contribution in [3.8, 4) is 11.5 Å². The Bertz CT molecular complexity index is 976. The number of hydrogen-bond donors (Lipinski definition) is 2. The lowest BCUT2D eigenvalue weighted by atomic mass is 10.2. The van der Waals surface area contributed by atoms with Crippen molar-refractivity contribution in [3.63, 3.8) is 0 Å². The fourth-order valence-corrected chi connectivity index (χ4v) is 3.00. The molecule has 0 radical (unpaired) electrons. The summed E-state index contributed by atoms with van der Waals surface area (Å²) < 4.78 is 26.0. The Labute approximate surface area is 172 Å². The first-order valence-electron chi connectivity index (χ1n) is 8.26. The normalized spacial score (nSPS) is 10.4. The highest BCUT2D eigenvalue weighted by Gasteiger charge is 2.10. The van der Waals surface area contributed by atoms with Crippen LogP contribution in [-0.2, 0) is 6.54 Å². The molecule has 146 valence electrons. The predicted molar refractivity (Wildman–Crippen MR) is 112 cm³/mol. The summed E-state index contributed by atoms with van der Waals surface area (Å²) in [5, 5.41) is 11.1. The van der Waals surface area contributed by atoms with Gasteiger partial charge in [0.15, 0.2) is 22.4 Å². The predicted octanol–water partition coefficient (Wildman–Crippen LogP) is 4.55. The zero-order valence-electron chi connectivity index (χ0n) is 15.2. The average Bonchev–Trinajstić information content (AvgIpc) is 3.11. The van der Waals surface area contributed by atoms with E-state index in [1.807, 2.05) is 6.07 Å². The van der Waals surface area contributed by atoms with Gasteiger partial charge >= 0.3 is 0 Å². The van der Waals surface area contributed by atoms with Crippen LogP contribution in [-0.4, -0.2) is 29.1 Å². The molecule has 0 aliphatic carbocycles. The number of benzene rings is 2. The monoisotopic (exact) mass is 420 g/mol. The van der Waals surface area contributed by atoms with E-state index < -0.39 is 0 Å². The van der Waals surface area contributed by atoms with E-state index in [1.165, 1.54) is 6.07 Å². The van der Waals surface area contributed by atoms with E-state index >= 15 is 0 Å². The molecular weight excluding hydrogens is 403 g/mol. The first kappa shape index (κ1) is 19.9. The van der Waals surface area contributed by atoms with Crippen LogP contribution in [0.5, 0.6) is 11.5 Å². The Hall–Kier alpha value is -2.84. The zero-order chi connectivity index (χ0) is 20.1. The van der Waals surface area contributed by atoms with E-state index in [2.05, 4.69) is 15.7 Å². The van der Waals surface area contributed by atoms with Crippen molar-refractivity contribution in [2.45, 2.75) is 6.54 Å². The third-order valence-electron chi connectivity index (χ3n) is 3.91. The van der Waals surface area contributed by atoms with Gasteiger partial charge in [-0.3, -0.25) is 4.68 Å². The van der Waals surface area contributed by atoms with E-state index in [9.17, 15) is 4.39 Å². The standard InChI is InChI=1S/C19H18ClFN4O2S/c1-26-16-7-6-12(10-17(16)27-2)22-19(28)23-18-8-9-25(24-18)11-13-14(20)4-3-5-15(13)21/h3-10H,11H2,1-2H3,(H2,22,23,24,28). The van der Waals surface area contributed by atoms with Gasteiger partial charge in [0.05, 0.1) is 20.8 Å². The summed E-state index contributed by atoms with van der Waals surface area (Å²) in [7, 11) is 3.13. The summed E-state index contributed by atoms with van der Waals surface area (Å²) in [6.07, 6.45) is 1.71. The molecule has 0 aliphatic heterocycles. The molecule has 0 amide bonds. The molecule has 28 heavy (non-hydrogen) atoms. The highest BCUT2D eigenvalue weighted by molar-refractivity contribution is 7.80. The van der Waals surface area contributed by atoms with Gasteiger partial charge in [-0.1, -0.05) is 17.7 Å². The lowest BCUT2D eigenvalue weighted by molar-refractivity contribution is 0.355. The number of methoxy groups -OCH3 is 2. The van der Waals surface area contributed by atoms with Gasteiger partial charge in [-0.25, -0.2) is 4.39 Å². The van der Waals surface area contributed by atoms with Gasteiger partial charge < -0.3 is 20.1 Å². The Morgan fingerprint density at radius 3 is 2.64 bits per heavy atom. The number of nitrogens with one attached hydrogen (secondary N) is 2. The van der Waals surface area contributed by atoms with E-state index in [-0.39, 0.29) is 12.4 Å². The molecule has 3 rings (SSSR count). The molecule has 3 aromatic rings. The Kier molecular flexibility index (Phi) is 6.33. The number of anilines is 2. The second kappa shape index (κ2) is 8.90. The van der Waals surface area contributed by atoms with Crippen molar-refractivity contribution < 1.29 is 13.9 Å². The minimum Gasteiger partial charge on any atom is -0.493 e. The first-order chi connectivity index (χ1) is 13.5. The van der Waals surface area contributed by atoms with Crippen LogP contribution < -0.4 is 20.1 Å². The van der Waals surface area contributed by atoms with Crippen molar-refractivity contribution in [1.82, 2.24) is 9.78 Å². The molecule has 0 spiro atoms. The largest absolute Gasteiger partial charge is 0.493 e. The van der Waals surface area contributed by atoms with E-state index in [0.29, 0.717) is 33.0 Å². The van der Waals surface area contributed by atoms with Crippen molar-refractivity contribution in [2.75, 3.05) is 24.9 Å². The Morgan fingerprint density at radius 2 is 1.93 bits per heavy atom. The van der Waals surface area contributed by atoms with Crippen LogP contribution in [0.1, 0.15) is 5.56 Å². The Morgan fingerprint density at radius 1 is 1.14 bits per heavy atom. The first-order valence-corrected chi connectivity index (χ1v) is 9.05. The molecule has 1 heterocycles. The lowest BCUT2D eigenvalue weighted by Crippen LogP contribution is -2.19. The summed E-state index contributed by atoms with van der Waals surface area (Å²) in [6.45, 7) is 0.211. The third-order valence-corrected chi connectivity index (χ3v) is 4.46. The molecule has 9 heteroatoms. The number of hydrogen-bond acceptors (Lipinski definition) is 4. The molecule has 2 N–H and O–H groups in total. The quantitative estimate of drug-likeness (QED) is 0.570. The van der Waals surface area contributed by atoms with Crippen LogP contribution in [0, 0.1) is 5.82 Å². The minimum atomic E-state index is -0.372. The fourth-order valence-electron chi connectivity index (χ4n) is 2.55. The molecule has 0 saturated carbocycles. The maximum atomic E-state index is 13.9. The van der Waals surface area contributed by atoms with Gasteiger partial charge in [0, 0.05) is 34.6 Å². The van der Waals surface area contributed by atoms with Crippen LogP contribution in [0.2, 0.25) is 5.02 Å². The molecule has 2 aromatic carbocycles. The minimum absolute atomic E-state index is 0.211. The van der Waals surface area contributed by atoms with Crippen molar-refractivity contribution in [2.24, 2.45) is 0 Å². The van der Waals surface area contributed by atoms with Gasteiger partial charge in [-0.15, -0.1) is 0 Å². The van der Waals surface area contributed by atoms with Crippen LogP contribution in [0.3, 0.4) is 0 Å². The number of halogens is 2. The van der Waals surface area contributed by atoms with Gasteiger partial charge in [0.25, 0.3) is 0 Å². The highest BCUT2D eigenvalue weighted by Crippen LogP contribution is 2.29. The molecular formula is C19H18ClFN4O2S. The summed E-state index contributed by atoms with van der Waals surface area (Å²) in [4.78, 5) is 0. The maximum absolute atomic E-state index is 13.9. The number of rotatable bonds is 6. The summed E-state index contributed by atoms with van der Waals surface area (Å²) in [5.41, 5.74) is 1.11. The molecule has 0 aliphatic rings. The second-order valence-electron chi connectivity index (χ2n) is 5.75.